The number of halogens is 2. The van der Waals surface area contributed by atoms with E-state index in [1.54, 1.807) is 0 Å². The molecule has 1 saturated carbocycles. The molecule has 0 heterocycles. The predicted molar refractivity (Wildman–Crippen MR) is 73.6 cm³/mol. The molecule has 0 saturated heterocycles. The van der Waals surface area contributed by atoms with E-state index in [0.29, 0.717) is 12.8 Å². The molecule has 116 valence electrons. The molecule has 0 aliphatic heterocycles. The molecule has 1 fully saturated rings. The average Bonchev–Trinajstić information content (AvgIpc) is 2.38. The van der Waals surface area contributed by atoms with Gasteiger partial charge in [0.2, 0.25) is 15.7 Å². The Kier molecular flexibility index (Phi) is 4.29. The summed E-state index contributed by atoms with van der Waals surface area (Å²) < 4.78 is 48.6. The number of para-hydroxylation sites is 1. The Labute approximate surface area is 121 Å². The summed E-state index contributed by atoms with van der Waals surface area (Å²) in [5.74, 6) is -3.96. The van der Waals surface area contributed by atoms with E-state index in [4.69, 9.17) is 5.73 Å². The van der Waals surface area contributed by atoms with Crippen LogP contribution in [0.2, 0.25) is 0 Å². The Morgan fingerprint density at radius 2 is 1.95 bits per heavy atom. The molecule has 5 nitrogen and oxygen atoms in total. The van der Waals surface area contributed by atoms with Crippen molar-refractivity contribution in [1.29, 1.82) is 0 Å². The summed E-state index contributed by atoms with van der Waals surface area (Å²) >= 11 is 0. The highest BCUT2D eigenvalue weighted by atomic mass is 32.2. The summed E-state index contributed by atoms with van der Waals surface area (Å²) in [7, 11) is -4.77. The molecule has 0 bridgehead atoms. The Hall–Kier alpha value is -1.54. The number of nitrogens with two attached hydrogens (primary N) is 1. The summed E-state index contributed by atoms with van der Waals surface area (Å²) in [6, 6.07) is 5.13. The number of amides is 1. The fourth-order valence-electron chi connectivity index (χ4n) is 2.30. The van der Waals surface area contributed by atoms with Gasteiger partial charge in [0, 0.05) is 6.54 Å². The van der Waals surface area contributed by atoms with Crippen molar-refractivity contribution in [3.63, 3.8) is 0 Å². The summed E-state index contributed by atoms with van der Waals surface area (Å²) in [6.45, 7) is 0.141. The van der Waals surface area contributed by atoms with Crippen LogP contribution in [-0.2, 0) is 14.6 Å². The molecular weight excluding hydrogens is 302 g/mol. The molecule has 0 atom stereocenters. The van der Waals surface area contributed by atoms with Crippen molar-refractivity contribution in [1.82, 2.24) is 0 Å². The van der Waals surface area contributed by atoms with E-state index in [2.05, 4.69) is 5.32 Å². The lowest BCUT2D eigenvalue weighted by Crippen LogP contribution is -2.47. The maximum absolute atomic E-state index is 12.7. The van der Waals surface area contributed by atoms with Crippen LogP contribution in [0.5, 0.6) is 0 Å². The zero-order valence-corrected chi connectivity index (χ0v) is 12.0. The summed E-state index contributed by atoms with van der Waals surface area (Å²) in [5, 5.41) is 2.43. The Balaban J connectivity index is 2.32. The number of anilines is 1. The van der Waals surface area contributed by atoms with Gasteiger partial charge in [-0.1, -0.05) is 18.6 Å². The molecule has 1 aromatic carbocycles. The van der Waals surface area contributed by atoms with Crippen LogP contribution >= 0.6 is 0 Å². The zero-order valence-electron chi connectivity index (χ0n) is 11.2. The number of alkyl halides is 2. The van der Waals surface area contributed by atoms with Gasteiger partial charge in [0.25, 0.3) is 0 Å². The summed E-state index contributed by atoms with van der Waals surface area (Å²) in [4.78, 5) is 11.6. The van der Waals surface area contributed by atoms with E-state index in [1.165, 1.54) is 18.2 Å². The van der Waals surface area contributed by atoms with Crippen molar-refractivity contribution >= 4 is 21.4 Å². The highest BCUT2D eigenvalue weighted by molar-refractivity contribution is 7.91. The van der Waals surface area contributed by atoms with Gasteiger partial charge in [-0.3, -0.25) is 4.79 Å². The molecule has 1 aromatic rings. The fraction of sp³-hybridized carbons (Fsp3) is 0.462. The molecule has 1 aliphatic carbocycles. The maximum Gasteiger partial charge on any atom is 0.341 e. The first kappa shape index (κ1) is 15.8. The summed E-state index contributed by atoms with van der Waals surface area (Å²) in [6.07, 6.45) is 2.08. The number of rotatable bonds is 5. The minimum atomic E-state index is -4.77. The molecule has 1 amide bonds. The van der Waals surface area contributed by atoms with Crippen LogP contribution in [-0.4, -0.2) is 26.6 Å². The molecular formula is C13H16F2N2O3S. The first-order valence-corrected chi connectivity index (χ1v) is 8.01. The van der Waals surface area contributed by atoms with E-state index in [-0.39, 0.29) is 12.2 Å². The van der Waals surface area contributed by atoms with Gasteiger partial charge in [-0.2, -0.15) is 8.78 Å². The van der Waals surface area contributed by atoms with Gasteiger partial charge in [0.1, 0.15) is 0 Å². The smallest absolute Gasteiger partial charge is 0.329 e. The van der Waals surface area contributed by atoms with Gasteiger partial charge in [0.05, 0.1) is 16.0 Å². The lowest BCUT2D eigenvalue weighted by atomic mass is 9.68. The lowest BCUT2D eigenvalue weighted by molar-refractivity contribution is -0.129. The molecule has 21 heavy (non-hydrogen) atoms. The first-order valence-electron chi connectivity index (χ1n) is 6.46. The van der Waals surface area contributed by atoms with Crippen molar-refractivity contribution in [3.8, 4) is 0 Å². The lowest BCUT2D eigenvalue weighted by Gasteiger charge is -2.39. The number of sulfone groups is 1. The molecule has 2 rings (SSSR count). The maximum atomic E-state index is 12.7. The van der Waals surface area contributed by atoms with Crippen molar-refractivity contribution in [3.05, 3.63) is 24.3 Å². The highest BCUT2D eigenvalue weighted by Crippen LogP contribution is 2.41. The molecule has 8 heteroatoms. The Morgan fingerprint density at radius 1 is 1.33 bits per heavy atom. The number of nitrogens with one attached hydrogen (secondary N) is 1. The van der Waals surface area contributed by atoms with Gasteiger partial charge in [-0.15, -0.1) is 0 Å². The molecule has 1 aliphatic rings. The van der Waals surface area contributed by atoms with Crippen molar-refractivity contribution in [2.75, 3.05) is 11.9 Å². The van der Waals surface area contributed by atoms with Crippen LogP contribution in [0.1, 0.15) is 19.3 Å². The second kappa shape index (κ2) is 5.69. The van der Waals surface area contributed by atoms with Gasteiger partial charge >= 0.3 is 5.76 Å². The first-order chi connectivity index (χ1) is 9.83. The van der Waals surface area contributed by atoms with Gasteiger partial charge in [0.15, 0.2) is 0 Å². The predicted octanol–water partition coefficient (Wildman–Crippen LogP) is 1.75. The van der Waals surface area contributed by atoms with E-state index < -0.39 is 31.8 Å². The largest absolute Gasteiger partial charge is 0.341 e. The molecule has 3 N–H and O–H groups in total. The molecule has 0 radical (unpaired) electrons. The van der Waals surface area contributed by atoms with Crippen LogP contribution < -0.4 is 11.1 Å². The van der Waals surface area contributed by atoms with E-state index in [1.807, 2.05) is 0 Å². The normalized spacial score (nSPS) is 17.3. The molecule has 0 spiro atoms. The van der Waals surface area contributed by atoms with Crippen molar-refractivity contribution < 1.29 is 22.0 Å². The monoisotopic (exact) mass is 318 g/mol. The number of hydrogen-bond acceptors (Lipinski definition) is 4. The highest BCUT2D eigenvalue weighted by Gasteiger charge is 2.43. The zero-order chi connectivity index (χ0) is 15.7. The van der Waals surface area contributed by atoms with Gasteiger partial charge in [-0.25, -0.2) is 8.42 Å². The number of carbonyl (C=O) groups excluding carboxylic acids is 1. The van der Waals surface area contributed by atoms with E-state index >= 15 is 0 Å². The third kappa shape index (κ3) is 2.77. The number of hydrogen-bond donors (Lipinski definition) is 2. The van der Waals surface area contributed by atoms with Crippen LogP contribution in [0.3, 0.4) is 0 Å². The van der Waals surface area contributed by atoms with Crippen LogP contribution in [0, 0.1) is 5.41 Å². The van der Waals surface area contributed by atoms with Crippen LogP contribution in [0.25, 0.3) is 0 Å². The number of carbonyl (C=O) groups is 1. The quantitative estimate of drug-likeness (QED) is 0.865. The average molecular weight is 318 g/mol. The van der Waals surface area contributed by atoms with Crippen molar-refractivity contribution in [2.24, 2.45) is 11.1 Å². The Morgan fingerprint density at radius 3 is 2.43 bits per heavy atom. The van der Waals surface area contributed by atoms with Crippen molar-refractivity contribution in [2.45, 2.75) is 29.9 Å². The van der Waals surface area contributed by atoms with E-state index in [9.17, 15) is 22.0 Å². The third-order valence-electron chi connectivity index (χ3n) is 3.86. The van der Waals surface area contributed by atoms with Crippen LogP contribution in [0.15, 0.2) is 29.2 Å². The minimum absolute atomic E-state index is 0.137. The standard InChI is InChI=1S/C13H16F2N2O3S/c14-12(15)21(19,20)10-5-2-1-4-9(10)17-11(18)13(8-16)6-3-7-13/h1-2,4-5,12H,3,6-8,16H2,(H,17,18). The number of benzene rings is 1. The third-order valence-corrected chi connectivity index (χ3v) is 5.30. The topological polar surface area (TPSA) is 89.3 Å². The molecule has 0 aromatic heterocycles. The summed E-state index contributed by atoms with van der Waals surface area (Å²) in [5.41, 5.74) is 4.74. The second-order valence-corrected chi connectivity index (χ2v) is 6.98. The van der Waals surface area contributed by atoms with E-state index in [0.717, 1.165) is 12.5 Å². The second-order valence-electron chi connectivity index (χ2n) is 5.09. The van der Waals surface area contributed by atoms with Gasteiger partial charge < -0.3 is 11.1 Å². The minimum Gasteiger partial charge on any atom is -0.329 e. The SMILES string of the molecule is NCC1(C(=O)Nc2ccccc2S(=O)(=O)C(F)F)CCC1. The molecule has 0 unspecified atom stereocenters. The fourth-order valence-corrected chi connectivity index (χ4v) is 3.18. The Bertz CT molecular complexity index is 637. The van der Waals surface area contributed by atoms with Gasteiger partial charge in [-0.05, 0) is 25.0 Å². The van der Waals surface area contributed by atoms with Crippen LogP contribution in [0.4, 0.5) is 14.5 Å².